The smallest absolute Gasteiger partial charge is 0.387 e. The van der Waals surface area contributed by atoms with Gasteiger partial charge in [0.15, 0.2) is 0 Å². The predicted octanol–water partition coefficient (Wildman–Crippen LogP) is 22.8. The molecule has 0 aromatic heterocycles. The van der Waals surface area contributed by atoms with Crippen molar-refractivity contribution < 1.29 is 32.9 Å². The van der Waals surface area contributed by atoms with Crippen molar-refractivity contribution in [2.24, 2.45) is 0 Å². The molecule has 3 atom stereocenters. The van der Waals surface area contributed by atoms with E-state index < -0.39 is 20.0 Å². The van der Waals surface area contributed by atoms with Crippen LogP contribution in [0.5, 0.6) is 0 Å². The highest BCUT2D eigenvalue weighted by atomic mass is 31.2. The third kappa shape index (κ3) is 65.7. The van der Waals surface area contributed by atoms with Crippen molar-refractivity contribution in [2.75, 3.05) is 40.9 Å². The van der Waals surface area contributed by atoms with Gasteiger partial charge in [0.25, 0.3) is 0 Å². The Balaban J connectivity index is 4.09. The molecule has 0 aliphatic heterocycles. The zero-order valence-electron chi connectivity index (χ0n) is 55.2. The van der Waals surface area contributed by atoms with Gasteiger partial charge >= 0.3 is 7.82 Å². The number of nitrogens with zero attached hydrogens (tertiary/aromatic N) is 1. The van der Waals surface area contributed by atoms with Crippen molar-refractivity contribution in [3.8, 4) is 0 Å². The first-order chi connectivity index (χ1) is 40.0. The third-order valence-corrected chi connectivity index (χ3v) is 17.2. The first-order valence-electron chi connectivity index (χ1n) is 35.7. The standard InChI is InChI=1S/C73H139N2O6P/c1-6-8-10-12-14-16-18-20-22-24-26-28-30-32-34-36-37-39-41-43-45-47-49-51-53-55-57-59-61-63-65-67-73(77)74-71(70-81-82(78,79)80-69-68-75(3,4)5)72(76)66-64-62-60-58-56-54-52-50-48-46-44-42-40-38-35-33-31-29-27-25-23-21-19-17-15-13-11-9-7-2/h18,20,24,26,30,32,56,58,64,66,71-72,76H,6-17,19,21-23,25,27-29,31,33-55,57,59-63,65,67-70H2,1-5H3,(H-,74,77,78,79)/p+1/b20-18-,26-24-,32-30-,58-56+,66-64+. The van der Waals surface area contributed by atoms with Gasteiger partial charge in [0.2, 0.25) is 5.91 Å². The molecule has 0 fully saturated rings. The summed E-state index contributed by atoms with van der Waals surface area (Å²) < 4.78 is 23.8. The lowest BCUT2D eigenvalue weighted by Gasteiger charge is -2.25. The number of allylic oxidation sites excluding steroid dienone is 9. The molecular weight excluding hydrogens is 1030 g/mol. The van der Waals surface area contributed by atoms with Gasteiger partial charge in [-0.3, -0.25) is 13.8 Å². The summed E-state index contributed by atoms with van der Waals surface area (Å²) >= 11 is 0. The number of unbranched alkanes of at least 4 members (excludes halogenated alkanes) is 45. The number of aliphatic hydroxyl groups is 1. The largest absolute Gasteiger partial charge is 0.472 e. The van der Waals surface area contributed by atoms with Crippen molar-refractivity contribution in [3.05, 3.63) is 60.8 Å². The van der Waals surface area contributed by atoms with Gasteiger partial charge in [0, 0.05) is 6.42 Å². The Hall–Kier alpha value is -1.80. The number of aliphatic hydroxyl groups excluding tert-OH is 1. The molecular formula is C73H140N2O6P+. The molecule has 0 radical (unpaired) electrons. The molecule has 482 valence electrons. The van der Waals surface area contributed by atoms with Crippen LogP contribution in [0.25, 0.3) is 0 Å². The molecule has 0 aromatic rings. The van der Waals surface area contributed by atoms with Crippen LogP contribution in [0.1, 0.15) is 348 Å². The number of carbonyl (C=O) groups is 1. The van der Waals surface area contributed by atoms with Crippen molar-refractivity contribution >= 4 is 13.7 Å². The number of phosphoric acid groups is 1. The Labute approximate surface area is 511 Å². The van der Waals surface area contributed by atoms with E-state index in [1.807, 2.05) is 27.2 Å². The number of amides is 1. The van der Waals surface area contributed by atoms with Gasteiger partial charge in [-0.1, -0.05) is 331 Å². The molecule has 0 saturated heterocycles. The van der Waals surface area contributed by atoms with Crippen LogP contribution in [0.15, 0.2) is 60.8 Å². The van der Waals surface area contributed by atoms with Crippen molar-refractivity contribution in [2.45, 2.75) is 360 Å². The Bertz CT molecular complexity index is 1520. The molecule has 3 unspecified atom stereocenters. The monoisotopic (exact) mass is 1170 g/mol. The number of phosphoric ester groups is 1. The molecule has 82 heavy (non-hydrogen) atoms. The number of hydrogen-bond donors (Lipinski definition) is 3. The molecule has 0 saturated carbocycles. The number of rotatable bonds is 66. The fourth-order valence-electron chi connectivity index (χ4n) is 10.7. The molecule has 0 aliphatic rings. The molecule has 0 aliphatic carbocycles. The maximum absolute atomic E-state index is 13.1. The van der Waals surface area contributed by atoms with Crippen LogP contribution < -0.4 is 5.32 Å². The molecule has 8 nitrogen and oxygen atoms in total. The summed E-state index contributed by atoms with van der Waals surface area (Å²) in [5.41, 5.74) is 0. The van der Waals surface area contributed by atoms with Crippen LogP contribution in [0, 0.1) is 0 Å². The minimum absolute atomic E-state index is 0.0559. The second kappa shape index (κ2) is 63.7. The Morgan fingerprint density at radius 2 is 0.707 bits per heavy atom. The summed E-state index contributed by atoms with van der Waals surface area (Å²) in [6.07, 6.45) is 88.1. The van der Waals surface area contributed by atoms with Gasteiger partial charge in [-0.05, 0) is 70.6 Å². The SMILES string of the molecule is CCCCCCC/C=C\C/C=C\C/C=C\CCCCCCCCCCCCCCCCCCC(=O)NC(COP(=O)(O)OCC[N+](C)(C)C)C(O)/C=C/CC/C=C/CCCCCCCCCCCCCCCCCCCCCCCCC. The summed E-state index contributed by atoms with van der Waals surface area (Å²) in [6.45, 7) is 4.83. The van der Waals surface area contributed by atoms with Gasteiger partial charge in [0.05, 0.1) is 39.9 Å². The Morgan fingerprint density at radius 3 is 1.06 bits per heavy atom. The van der Waals surface area contributed by atoms with Gasteiger partial charge in [-0.2, -0.15) is 0 Å². The van der Waals surface area contributed by atoms with Crippen LogP contribution >= 0.6 is 7.82 Å². The van der Waals surface area contributed by atoms with Crippen LogP contribution in [0.4, 0.5) is 0 Å². The van der Waals surface area contributed by atoms with E-state index >= 15 is 0 Å². The van der Waals surface area contributed by atoms with E-state index in [1.165, 1.54) is 276 Å². The number of quaternary nitrogens is 1. The number of carbonyl (C=O) groups excluding carboxylic acids is 1. The van der Waals surface area contributed by atoms with Gasteiger partial charge in [-0.25, -0.2) is 4.57 Å². The minimum Gasteiger partial charge on any atom is -0.387 e. The first-order valence-corrected chi connectivity index (χ1v) is 37.2. The molecule has 9 heteroatoms. The molecule has 3 N–H and O–H groups in total. The number of hydrogen-bond acceptors (Lipinski definition) is 5. The van der Waals surface area contributed by atoms with Crippen LogP contribution in [-0.4, -0.2) is 73.4 Å². The molecule has 0 spiro atoms. The third-order valence-electron chi connectivity index (χ3n) is 16.2. The van der Waals surface area contributed by atoms with E-state index in [4.69, 9.17) is 9.05 Å². The van der Waals surface area contributed by atoms with E-state index in [0.29, 0.717) is 17.4 Å². The average Bonchev–Trinajstić information content (AvgIpc) is 3.47. The summed E-state index contributed by atoms with van der Waals surface area (Å²) in [7, 11) is 1.56. The van der Waals surface area contributed by atoms with E-state index in [9.17, 15) is 19.4 Å². The maximum atomic E-state index is 13.1. The maximum Gasteiger partial charge on any atom is 0.472 e. The van der Waals surface area contributed by atoms with E-state index in [0.717, 1.165) is 51.4 Å². The normalized spacial score (nSPS) is 14.0. The van der Waals surface area contributed by atoms with Crippen molar-refractivity contribution in [3.63, 3.8) is 0 Å². The lowest BCUT2D eigenvalue weighted by Crippen LogP contribution is -2.45. The molecule has 0 aromatic carbocycles. The molecule has 0 heterocycles. The van der Waals surface area contributed by atoms with Crippen LogP contribution in [-0.2, 0) is 18.4 Å². The summed E-state index contributed by atoms with van der Waals surface area (Å²) in [6, 6.07) is -0.867. The van der Waals surface area contributed by atoms with E-state index in [2.05, 4.69) is 67.8 Å². The second-order valence-electron chi connectivity index (χ2n) is 25.6. The zero-order chi connectivity index (χ0) is 59.8. The quantitative estimate of drug-likeness (QED) is 0.0243. The Morgan fingerprint density at radius 1 is 0.415 bits per heavy atom. The zero-order valence-corrected chi connectivity index (χ0v) is 56.1. The van der Waals surface area contributed by atoms with Crippen molar-refractivity contribution in [1.29, 1.82) is 0 Å². The summed E-state index contributed by atoms with van der Waals surface area (Å²) in [5, 5.41) is 14.0. The van der Waals surface area contributed by atoms with Gasteiger partial charge < -0.3 is 19.8 Å². The number of likely N-dealkylation sites (N-methyl/N-ethyl adjacent to an activating group) is 1. The molecule has 0 bridgehead atoms. The first kappa shape index (κ1) is 80.2. The highest BCUT2D eigenvalue weighted by Gasteiger charge is 2.28. The Kier molecular flexibility index (Phi) is 62.3. The lowest BCUT2D eigenvalue weighted by molar-refractivity contribution is -0.870. The minimum atomic E-state index is -4.36. The van der Waals surface area contributed by atoms with Gasteiger partial charge in [-0.15, -0.1) is 0 Å². The van der Waals surface area contributed by atoms with Crippen LogP contribution in [0.2, 0.25) is 0 Å². The van der Waals surface area contributed by atoms with Crippen LogP contribution in [0.3, 0.4) is 0 Å². The number of nitrogens with one attached hydrogen (secondary N) is 1. The fourth-order valence-corrected chi connectivity index (χ4v) is 11.4. The van der Waals surface area contributed by atoms with Crippen molar-refractivity contribution in [1.82, 2.24) is 5.32 Å². The van der Waals surface area contributed by atoms with E-state index in [1.54, 1.807) is 6.08 Å². The highest BCUT2D eigenvalue weighted by Crippen LogP contribution is 2.43. The summed E-state index contributed by atoms with van der Waals surface area (Å²) in [4.78, 5) is 23.4. The molecule has 1 amide bonds. The lowest BCUT2D eigenvalue weighted by atomic mass is 10.0. The average molecular weight is 1170 g/mol. The molecule has 0 rings (SSSR count). The topological polar surface area (TPSA) is 105 Å². The van der Waals surface area contributed by atoms with Gasteiger partial charge in [0.1, 0.15) is 13.2 Å². The second-order valence-corrected chi connectivity index (χ2v) is 27.1. The van der Waals surface area contributed by atoms with E-state index in [-0.39, 0.29) is 19.1 Å². The summed E-state index contributed by atoms with van der Waals surface area (Å²) in [5.74, 6) is -0.183. The highest BCUT2D eigenvalue weighted by molar-refractivity contribution is 7.47. The predicted molar refractivity (Wildman–Crippen MR) is 360 cm³/mol. The fraction of sp³-hybridized carbons (Fsp3) is 0.849.